The third-order valence-electron chi connectivity index (χ3n) is 3.05. The Morgan fingerprint density at radius 3 is 2.90 bits per heavy atom. The number of benzene rings is 1. The first-order chi connectivity index (χ1) is 9.70. The second kappa shape index (κ2) is 5.09. The average molecular weight is 331 g/mol. The molecule has 0 aliphatic rings. The summed E-state index contributed by atoms with van der Waals surface area (Å²) in [6.07, 6.45) is 1.94. The van der Waals surface area contributed by atoms with Crippen molar-refractivity contribution >= 4 is 27.4 Å². The summed E-state index contributed by atoms with van der Waals surface area (Å²) in [7, 11) is 1.37. The Morgan fingerprint density at radius 2 is 2.10 bits per heavy atom. The molecule has 0 unspecified atom stereocenters. The van der Waals surface area contributed by atoms with Crippen molar-refractivity contribution in [1.29, 1.82) is 0 Å². The van der Waals surface area contributed by atoms with Crippen LogP contribution in [-0.2, 0) is 4.74 Å². The SMILES string of the molecule is COC(=O)c1cccc(-c2nc(Br)c3ccccn23)c1. The van der Waals surface area contributed by atoms with Gasteiger partial charge in [-0.1, -0.05) is 18.2 Å². The highest BCUT2D eigenvalue weighted by Crippen LogP contribution is 2.26. The highest BCUT2D eigenvalue weighted by molar-refractivity contribution is 9.10. The number of esters is 1. The highest BCUT2D eigenvalue weighted by atomic mass is 79.9. The molecule has 0 saturated carbocycles. The number of rotatable bonds is 2. The molecule has 4 nitrogen and oxygen atoms in total. The summed E-state index contributed by atoms with van der Waals surface area (Å²) in [5, 5.41) is 0. The Hall–Kier alpha value is -2.14. The van der Waals surface area contributed by atoms with Crippen LogP contribution in [0.3, 0.4) is 0 Å². The second-order valence-electron chi connectivity index (χ2n) is 4.25. The van der Waals surface area contributed by atoms with E-state index >= 15 is 0 Å². The van der Waals surface area contributed by atoms with Gasteiger partial charge in [-0.25, -0.2) is 9.78 Å². The van der Waals surface area contributed by atoms with E-state index in [1.54, 1.807) is 12.1 Å². The molecule has 0 fully saturated rings. The molecule has 20 heavy (non-hydrogen) atoms. The highest BCUT2D eigenvalue weighted by Gasteiger charge is 2.12. The summed E-state index contributed by atoms with van der Waals surface area (Å²) in [4.78, 5) is 16.1. The Balaban J connectivity index is 2.19. The van der Waals surface area contributed by atoms with Crippen LogP contribution in [0.15, 0.2) is 53.3 Å². The van der Waals surface area contributed by atoms with Crippen LogP contribution in [0.1, 0.15) is 10.4 Å². The normalized spacial score (nSPS) is 10.7. The summed E-state index contributed by atoms with van der Waals surface area (Å²) in [6.45, 7) is 0. The van der Waals surface area contributed by atoms with Crippen LogP contribution in [0.25, 0.3) is 16.9 Å². The number of halogens is 1. The van der Waals surface area contributed by atoms with E-state index in [1.807, 2.05) is 40.9 Å². The van der Waals surface area contributed by atoms with Crippen LogP contribution < -0.4 is 0 Å². The molecule has 100 valence electrons. The van der Waals surface area contributed by atoms with Crippen molar-refractivity contribution in [3.8, 4) is 11.4 Å². The molecule has 1 aromatic carbocycles. The van der Waals surface area contributed by atoms with E-state index in [-0.39, 0.29) is 5.97 Å². The molecule has 5 heteroatoms. The van der Waals surface area contributed by atoms with Crippen molar-refractivity contribution in [2.45, 2.75) is 0 Å². The lowest BCUT2D eigenvalue weighted by Gasteiger charge is -2.03. The Morgan fingerprint density at radius 1 is 1.25 bits per heavy atom. The number of fused-ring (bicyclic) bond motifs is 1. The molecule has 0 spiro atoms. The molecule has 2 heterocycles. The van der Waals surface area contributed by atoms with E-state index in [0.29, 0.717) is 5.56 Å². The van der Waals surface area contributed by atoms with Gasteiger partial charge >= 0.3 is 5.97 Å². The van der Waals surface area contributed by atoms with Crippen LogP contribution in [0.4, 0.5) is 0 Å². The molecule has 0 saturated heterocycles. The van der Waals surface area contributed by atoms with Crippen LogP contribution >= 0.6 is 15.9 Å². The Kier molecular flexibility index (Phi) is 3.28. The summed E-state index contributed by atoms with van der Waals surface area (Å²) in [5.41, 5.74) is 2.35. The third kappa shape index (κ3) is 2.10. The number of aromatic nitrogens is 2. The van der Waals surface area contributed by atoms with Crippen LogP contribution in [0.5, 0.6) is 0 Å². The van der Waals surface area contributed by atoms with Crippen LogP contribution in [-0.4, -0.2) is 22.5 Å². The molecule has 3 aromatic rings. The van der Waals surface area contributed by atoms with Gasteiger partial charge in [-0.15, -0.1) is 0 Å². The molecular formula is C15H11BrN2O2. The lowest BCUT2D eigenvalue weighted by atomic mass is 10.1. The average Bonchev–Trinajstić information content (AvgIpc) is 2.84. The molecule has 0 aliphatic carbocycles. The Labute approximate surface area is 124 Å². The van der Waals surface area contributed by atoms with E-state index in [0.717, 1.165) is 21.5 Å². The van der Waals surface area contributed by atoms with Gasteiger partial charge in [0.15, 0.2) is 0 Å². The molecule has 0 aliphatic heterocycles. The van der Waals surface area contributed by atoms with E-state index in [1.165, 1.54) is 7.11 Å². The van der Waals surface area contributed by atoms with Gasteiger partial charge in [0, 0.05) is 11.8 Å². The number of carbonyl (C=O) groups excluding carboxylic acids is 1. The van der Waals surface area contributed by atoms with Gasteiger partial charge in [-0.2, -0.15) is 0 Å². The minimum atomic E-state index is -0.355. The zero-order chi connectivity index (χ0) is 14.1. The van der Waals surface area contributed by atoms with Crippen molar-refractivity contribution in [2.75, 3.05) is 7.11 Å². The van der Waals surface area contributed by atoms with Crippen molar-refractivity contribution in [3.63, 3.8) is 0 Å². The van der Waals surface area contributed by atoms with E-state index in [4.69, 9.17) is 4.74 Å². The minimum absolute atomic E-state index is 0.355. The van der Waals surface area contributed by atoms with E-state index in [9.17, 15) is 4.79 Å². The zero-order valence-corrected chi connectivity index (χ0v) is 12.3. The van der Waals surface area contributed by atoms with E-state index in [2.05, 4.69) is 20.9 Å². The van der Waals surface area contributed by atoms with Crippen molar-refractivity contribution in [3.05, 3.63) is 58.8 Å². The van der Waals surface area contributed by atoms with Gasteiger partial charge in [0.2, 0.25) is 0 Å². The number of pyridine rings is 1. The fourth-order valence-corrected chi connectivity index (χ4v) is 2.60. The molecule has 0 atom stereocenters. The van der Waals surface area contributed by atoms with Crippen molar-refractivity contribution in [2.24, 2.45) is 0 Å². The summed E-state index contributed by atoms with van der Waals surface area (Å²) >= 11 is 3.45. The maximum absolute atomic E-state index is 11.6. The predicted octanol–water partition coefficient (Wildman–Crippen LogP) is 3.55. The first kappa shape index (κ1) is 12.9. The predicted molar refractivity (Wildman–Crippen MR) is 79.7 cm³/mol. The molecular weight excluding hydrogens is 320 g/mol. The Bertz CT molecular complexity index is 795. The summed E-state index contributed by atoms with van der Waals surface area (Å²) < 4.78 is 7.49. The van der Waals surface area contributed by atoms with Crippen LogP contribution in [0.2, 0.25) is 0 Å². The lowest BCUT2D eigenvalue weighted by molar-refractivity contribution is 0.0601. The maximum Gasteiger partial charge on any atom is 0.337 e. The summed E-state index contributed by atoms with van der Waals surface area (Å²) in [5.74, 6) is 0.421. The monoisotopic (exact) mass is 330 g/mol. The van der Waals surface area contributed by atoms with Gasteiger partial charge in [0.05, 0.1) is 18.2 Å². The van der Waals surface area contributed by atoms with Gasteiger partial charge in [0.25, 0.3) is 0 Å². The van der Waals surface area contributed by atoms with Gasteiger partial charge in [-0.05, 0) is 40.2 Å². The number of hydrogen-bond donors (Lipinski definition) is 0. The first-order valence-electron chi connectivity index (χ1n) is 6.02. The maximum atomic E-state index is 11.6. The molecule has 2 aromatic heterocycles. The second-order valence-corrected chi connectivity index (χ2v) is 5.01. The molecule has 0 radical (unpaired) electrons. The third-order valence-corrected chi connectivity index (χ3v) is 3.63. The van der Waals surface area contributed by atoms with Gasteiger partial charge in [0.1, 0.15) is 10.4 Å². The number of hydrogen-bond acceptors (Lipinski definition) is 3. The smallest absolute Gasteiger partial charge is 0.337 e. The van der Waals surface area contributed by atoms with E-state index < -0.39 is 0 Å². The first-order valence-corrected chi connectivity index (χ1v) is 6.81. The number of imidazole rings is 1. The quantitative estimate of drug-likeness (QED) is 0.675. The number of nitrogens with zero attached hydrogens (tertiary/aromatic N) is 2. The fraction of sp³-hybridized carbons (Fsp3) is 0.0667. The molecule has 0 bridgehead atoms. The topological polar surface area (TPSA) is 43.6 Å². The number of ether oxygens (including phenoxy) is 1. The zero-order valence-electron chi connectivity index (χ0n) is 10.7. The molecule has 0 amide bonds. The number of methoxy groups -OCH3 is 1. The largest absolute Gasteiger partial charge is 0.465 e. The van der Waals surface area contributed by atoms with Gasteiger partial charge in [-0.3, -0.25) is 4.40 Å². The number of carbonyl (C=O) groups is 1. The van der Waals surface area contributed by atoms with Crippen molar-refractivity contribution < 1.29 is 9.53 Å². The standard InChI is InChI=1S/C15H11BrN2O2/c1-20-15(19)11-6-4-5-10(9-11)14-17-13(16)12-7-2-3-8-18(12)14/h2-9H,1H3. The fourth-order valence-electron chi connectivity index (χ4n) is 2.11. The molecule has 3 rings (SSSR count). The van der Waals surface area contributed by atoms with Crippen molar-refractivity contribution in [1.82, 2.24) is 9.38 Å². The summed E-state index contributed by atoms with van der Waals surface area (Å²) in [6, 6.07) is 13.1. The van der Waals surface area contributed by atoms with Gasteiger partial charge < -0.3 is 4.74 Å². The van der Waals surface area contributed by atoms with Crippen LogP contribution in [0, 0.1) is 0 Å². The molecule has 0 N–H and O–H groups in total. The minimum Gasteiger partial charge on any atom is -0.465 e. The lowest BCUT2D eigenvalue weighted by Crippen LogP contribution is -2.01.